The largest absolute Gasteiger partial charge is 0.385 e. The van der Waals surface area contributed by atoms with Crippen LogP contribution in [0.15, 0.2) is 58.6 Å². The fourth-order valence-corrected chi connectivity index (χ4v) is 4.16. The molecule has 2 aliphatic heterocycles. The van der Waals surface area contributed by atoms with Crippen molar-refractivity contribution < 1.29 is 9.32 Å². The van der Waals surface area contributed by atoms with Crippen LogP contribution in [0.3, 0.4) is 0 Å². The molecule has 1 fully saturated rings. The number of nitrogens with zero attached hydrogens (tertiary/aromatic N) is 5. The maximum Gasteiger partial charge on any atom is 0.246 e. The maximum atomic E-state index is 12.1. The van der Waals surface area contributed by atoms with Gasteiger partial charge in [-0.3, -0.25) is 4.79 Å². The standard InChI is InChI=1S/C22H23N7O2/c1-2-18(30)28-10-6-9-15(12-28)29-22-19(21(23)24-13-25-22)20(26-29)16-11-17(31-27-16)14-7-4-3-5-8-14/h2-5,7-8,11,15,24H,1,6,9-10,12-13,23H2/t15-/m1/s1. The van der Waals surface area contributed by atoms with Crippen LogP contribution in [-0.2, 0) is 4.79 Å². The number of nitrogens with one attached hydrogen (secondary N) is 1. The van der Waals surface area contributed by atoms with E-state index >= 15 is 0 Å². The SMILES string of the molecule is C=CC(=O)N1CCC[C@@H](n2nc(-c3cc(-c4ccccc4)on3)c3c2=NCNC=3N)C1. The van der Waals surface area contributed by atoms with Gasteiger partial charge in [-0.2, -0.15) is 5.10 Å². The lowest BCUT2D eigenvalue weighted by atomic mass is 10.1. The molecule has 0 unspecified atom stereocenters. The van der Waals surface area contributed by atoms with Crippen molar-refractivity contribution in [2.75, 3.05) is 19.8 Å². The summed E-state index contributed by atoms with van der Waals surface area (Å²) in [4.78, 5) is 18.6. The number of hydrogen-bond donors (Lipinski definition) is 2. The van der Waals surface area contributed by atoms with Crippen LogP contribution >= 0.6 is 0 Å². The monoisotopic (exact) mass is 417 g/mol. The number of nitrogens with two attached hydrogens (primary N) is 1. The summed E-state index contributed by atoms with van der Waals surface area (Å²) in [6.45, 7) is 5.25. The third kappa shape index (κ3) is 3.37. The first-order valence-electron chi connectivity index (χ1n) is 10.3. The molecule has 2 aromatic heterocycles. The molecular formula is C22H23N7O2. The van der Waals surface area contributed by atoms with Crippen molar-refractivity contribution in [2.45, 2.75) is 18.9 Å². The molecule has 4 heterocycles. The van der Waals surface area contributed by atoms with Gasteiger partial charge in [-0.05, 0) is 18.9 Å². The van der Waals surface area contributed by atoms with Crippen LogP contribution in [0.25, 0.3) is 28.5 Å². The van der Waals surface area contributed by atoms with Gasteiger partial charge in [0, 0.05) is 24.7 Å². The van der Waals surface area contributed by atoms with Gasteiger partial charge in [0.2, 0.25) is 5.91 Å². The number of fused-ring (bicyclic) bond motifs is 1. The molecule has 1 atom stereocenters. The van der Waals surface area contributed by atoms with Gasteiger partial charge >= 0.3 is 0 Å². The molecule has 1 saturated heterocycles. The van der Waals surface area contributed by atoms with Crippen LogP contribution in [0.4, 0.5) is 0 Å². The minimum Gasteiger partial charge on any atom is -0.385 e. The molecule has 2 aliphatic rings. The van der Waals surface area contributed by atoms with Crippen molar-refractivity contribution in [1.82, 2.24) is 25.2 Å². The van der Waals surface area contributed by atoms with Gasteiger partial charge in [0.15, 0.2) is 11.2 Å². The Morgan fingerprint density at radius 3 is 2.97 bits per heavy atom. The Bertz CT molecular complexity index is 1260. The van der Waals surface area contributed by atoms with Gasteiger partial charge in [-0.15, -0.1) is 0 Å². The molecule has 0 aliphatic carbocycles. The zero-order valence-electron chi connectivity index (χ0n) is 17.0. The summed E-state index contributed by atoms with van der Waals surface area (Å²) < 4.78 is 7.47. The Morgan fingerprint density at radius 2 is 2.16 bits per heavy atom. The zero-order chi connectivity index (χ0) is 21.4. The van der Waals surface area contributed by atoms with Crippen molar-refractivity contribution in [2.24, 2.45) is 10.7 Å². The predicted octanol–water partition coefficient (Wildman–Crippen LogP) is 0.759. The maximum absolute atomic E-state index is 12.1. The van der Waals surface area contributed by atoms with Gasteiger partial charge in [-0.1, -0.05) is 42.1 Å². The van der Waals surface area contributed by atoms with E-state index < -0.39 is 0 Å². The summed E-state index contributed by atoms with van der Waals surface area (Å²) in [5.74, 6) is 1.09. The van der Waals surface area contributed by atoms with Crippen LogP contribution in [0.1, 0.15) is 18.9 Å². The molecule has 0 saturated carbocycles. The topological polar surface area (TPSA) is 115 Å². The minimum absolute atomic E-state index is 0.00436. The number of amides is 1. The van der Waals surface area contributed by atoms with E-state index in [2.05, 4.69) is 22.0 Å². The minimum atomic E-state index is -0.0698. The number of likely N-dealkylation sites (tertiary alicyclic amines) is 1. The molecule has 158 valence electrons. The number of aromatic nitrogens is 3. The van der Waals surface area contributed by atoms with E-state index in [-0.39, 0.29) is 11.9 Å². The summed E-state index contributed by atoms with van der Waals surface area (Å²) in [6.07, 6.45) is 3.13. The van der Waals surface area contributed by atoms with E-state index in [1.807, 2.05) is 41.1 Å². The van der Waals surface area contributed by atoms with E-state index in [9.17, 15) is 4.79 Å². The highest BCUT2D eigenvalue weighted by Gasteiger charge is 2.28. The van der Waals surface area contributed by atoms with E-state index in [0.717, 1.165) is 18.4 Å². The van der Waals surface area contributed by atoms with Crippen LogP contribution in [0.2, 0.25) is 0 Å². The number of hydrogen-bond acceptors (Lipinski definition) is 7. The molecular weight excluding hydrogens is 394 g/mol. The van der Waals surface area contributed by atoms with Crippen molar-refractivity contribution in [3.8, 4) is 22.7 Å². The lowest BCUT2D eigenvalue weighted by Gasteiger charge is -2.32. The second-order valence-corrected chi connectivity index (χ2v) is 7.63. The summed E-state index contributed by atoms with van der Waals surface area (Å²) in [6, 6.07) is 11.6. The zero-order valence-corrected chi connectivity index (χ0v) is 17.0. The second kappa shape index (κ2) is 7.75. The normalized spacial score (nSPS) is 18.1. The number of benzene rings is 1. The molecule has 3 N–H and O–H groups in total. The molecule has 0 radical (unpaired) electrons. The van der Waals surface area contributed by atoms with Crippen molar-refractivity contribution in [3.63, 3.8) is 0 Å². The summed E-state index contributed by atoms with van der Waals surface area (Å²) in [5.41, 5.74) is 9.13. The first kappa shape index (κ1) is 19.1. The van der Waals surface area contributed by atoms with Gasteiger partial charge in [0.1, 0.15) is 23.9 Å². The van der Waals surface area contributed by atoms with Crippen LogP contribution in [-0.4, -0.2) is 45.5 Å². The van der Waals surface area contributed by atoms with E-state index in [0.29, 0.717) is 53.4 Å². The molecule has 31 heavy (non-hydrogen) atoms. The Kier molecular flexibility index (Phi) is 4.78. The number of rotatable bonds is 4. The van der Waals surface area contributed by atoms with Gasteiger partial charge in [0.05, 0.1) is 11.3 Å². The Hall–Kier alpha value is -3.88. The molecule has 1 aromatic carbocycles. The molecule has 5 rings (SSSR count). The smallest absolute Gasteiger partial charge is 0.246 e. The van der Waals surface area contributed by atoms with Gasteiger partial charge < -0.3 is 20.5 Å². The number of carbonyl (C=O) groups is 1. The summed E-state index contributed by atoms with van der Waals surface area (Å²) in [7, 11) is 0. The van der Waals surface area contributed by atoms with Crippen molar-refractivity contribution in [1.29, 1.82) is 0 Å². The quantitative estimate of drug-likeness (QED) is 0.606. The first-order valence-corrected chi connectivity index (χ1v) is 10.3. The third-order valence-corrected chi connectivity index (χ3v) is 5.69. The first-order chi connectivity index (χ1) is 15.2. The van der Waals surface area contributed by atoms with E-state index in [4.69, 9.17) is 15.4 Å². The van der Waals surface area contributed by atoms with Crippen molar-refractivity contribution in [3.05, 3.63) is 59.8 Å². The second-order valence-electron chi connectivity index (χ2n) is 7.63. The molecule has 3 aromatic rings. The van der Waals surface area contributed by atoms with Crippen molar-refractivity contribution >= 4 is 11.7 Å². The lowest BCUT2D eigenvalue weighted by molar-refractivity contribution is -0.127. The number of piperidine rings is 1. The third-order valence-electron chi connectivity index (χ3n) is 5.69. The van der Waals surface area contributed by atoms with E-state index in [1.165, 1.54) is 6.08 Å². The molecule has 0 bridgehead atoms. The molecule has 1 amide bonds. The van der Waals surface area contributed by atoms with Crippen LogP contribution < -0.4 is 21.8 Å². The highest BCUT2D eigenvalue weighted by atomic mass is 16.5. The number of carbonyl (C=O) groups excluding carboxylic acids is 1. The molecule has 9 nitrogen and oxygen atoms in total. The summed E-state index contributed by atoms with van der Waals surface area (Å²) in [5, 5.41) is 12.9. The van der Waals surface area contributed by atoms with Gasteiger partial charge in [-0.25, -0.2) is 9.67 Å². The average molecular weight is 417 g/mol. The highest BCUT2D eigenvalue weighted by molar-refractivity contribution is 5.87. The summed E-state index contributed by atoms with van der Waals surface area (Å²) >= 11 is 0. The fraction of sp³-hybridized carbons (Fsp3) is 0.273. The fourth-order valence-electron chi connectivity index (χ4n) is 4.16. The Balaban J connectivity index is 1.59. The molecule has 0 spiro atoms. The lowest BCUT2D eigenvalue weighted by Crippen LogP contribution is -2.47. The molecule has 9 heteroatoms. The van der Waals surface area contributed by atoms with Gasteiger partial charge in [0.25, 0.3) is 0 Å². The average Bonchev–Trinajstić information content (AvgIpc) is 3.45. The Labute approximate surface area is 178 Å². The van der Waals surface area contributed by atoms with E-state index in [1.54, 1.807) is 4.90 Å². The predicted molar refractivity (Wildman–Crippen MR) is 115 cm³/mol. The van der Waals surface area contributed by atoms with Crippen LogP contribution in [0.5, 0.6) is 0 Å². The Morgan fingerprint density at radius 1 is 1.32 bits per heavy atom. The van der Waals surface area contributed by atoms with Crippen LogP contribution in [0, 0.1) is 0 Å². The highest BCUT2D eigenvalue weighted by Crippen LogP contribution is 2.25.